The largest absolute Gasteiger partial charge is 0.383 e. The molecule has 0 radical (unpaired) electrons. The fourth-order valence-electron chi connectivity index (χ4n) is 2.02. The molecule has 0 saturated carbocycles. The number of hydrogen-bond donors (Lipinski definition) is 2. The van der Waals surface area contributed by atoms with E-state index in [4.69, 9.17) is 5.73 Å². The Labute approximate surface area is 131 Å². The van der Waals surface area contributed by atoms with Crippen molar-refractivity contribution in [1.29, 1.82) is 0 Å². The van der Waals surface area contributed by atoms with Crippen LogP contribution in [0.4, 0.5) is 15.3 Å². The van der Waals surface area contributed by atoms with Gasteiger partial charge in [0.15, 0.2) is 0 Å². The zero-order valence-corrected chi connectivity index (χ0v) is 12.3. The zero-order chi connectivity index (χ0) is 15.4. The number of aromatic nitrogens is 1. The van der Waals surface area contributed by atoms with Crippen molar-refractivity contribution in [2.75, 3.05) is 11.2 Å². The first kappa shape index (κ1) is 14.2. The quantitative estimate of drug-likeness (QED) is 0.566. The van der Waals surface area contributed by atoms with Crippen LogP contribution in [0.25, 0.3) is 11.1 Å². The molecule has 0 amide bonds. The summed E-state index contributed by atoms with van der Waals surface area (Å²) in [7, 11) is 0. The molecule has 0 saturated heterocycles. The molecular formula is C16H13FN4S. The number of nitrogens with two attached hydrogens (primary N) is 1. The molecule has 0 unspecified atom stereocenters. The number of rotatable bonds is 4. The monoisotopic (exact) mass is 312 g/mol. The molecule has 3 N–H and O–H groups in total. The highest BCUT2D eigenvalue weighted by Crippen LogP contribution is 2.23. The summed E-state index contributed by atoms with van der Waals surface area (Å²) in [6, 6.07) is 14.1. The lowest BCUT2D eigenvalue weighted by atomic mass is 10.0. The van der Waals surface area contributed by atoms with Crippen LogP contribution in [0.1, 0.15) is 5.56 Å². The highest BCUT2D eigenvalue weighted by Gasteiger charge is 2.04. The van der Waals surface area contributed by atoms with Crippen LogP contribution in [0.3, 0.4) is 0 Å². The predicted molar refractivity (Wildman–Crippen MR) is 89.6 cm³/mol. The van der Waals surface area contributed by atoms with E-state index in [1.807, 2.05) is 30.3 Å². The normalized spacial score (nSPS) is 11.0. The smallest absolute Gasteiger partial charge is 0.205 e. The molecule has 2 aromatic carbocycles. The van der Waals surface area contributed by atoms with Crippen LogP contribution in [0.2, 0.25) is 0 Å². The van der Waals surface area contributed by atoms with Crippen molar-refractivity contribution in [2.24, 2.45) is 5.10 Å². The van der Waals surface area contributed by atoms with Crippen LogP contribution >= 0.6 is 11.3 Å². The van der Waals surface area contributed by atoms with Gasteiger partial charge in [0.05, 0.1) is 6.21 Å². The van der Waals surface area contributed by atoms with E-state index in [2.05, 4.69) is 15.5 Å². The highest BCUT2D eigenvalue weighted by atomic mass is 32.1. The van der Waals surface area contributed by atoms with Gasteiger partial charge in [-0.3, -0.25) is 5.43 Å². The third-order valence-electron chi connectivity index (χ3n) is 2.98. The summed E-state index contributed by atoms with van der Waals surface area (Å²) >= 11 is 1.38. The minimum Gasteiger partial charge on any atom is -0.383 e. The van der Waals surface area contributed by atoms with Crippen molar-refractivity contribution in [2.45, 2.75) is 0 Å². The van der Waals surface area contributed by atoms with Gasteiger partial charge in [0, 0.05) is 10.9 Å². The van der Waals surface area contributed by atoms with Gasteiger partial charge in [-0.05, 0) is 23.3 Å². The number of hydrogen-bond acceptors (Lipinski definition) is 5. The average molecular weight is 312 g/mol. The third kappa shape index (κ3) is 3.29. The van der Waals surface area contributed by atoms with Crippen LogP contribution in [0, 0.1) is 5.82 Å². The minimum atomic E-state index is -0.263. The first-order chi connectivity index (χ1) is 10.7. The lowest BCUT2D eigenvalue weighted by molar-refractivity contribution is 0.628. The molecule has 3 rings (SSSR count). The van der Waals surface area contributed by atoms with Crippen molar-refractivity contribution in [3.05, 3.63) is 65.3 Å². The number of halogens is 1. The van der Waals surface area contributed by atoms with Crippen molar-refractivity contribution in [3.8, 4) is 11.1 Å². The zero-order valence-electron chi connectivity index (χ0n) is 11.5. The Kier molecular flexibility index (Phi) is 4.11. The lowest BCUT2D eigenvalue weighted by Crippen LogP contribution is -1.93. The second-order valence-electron chi connectivity index (χ2n) is 4.55. The van der Waals surface area contributed by atoms with Gasteiger partial charge in [-0.2, -0.15) is 5.10 Å². The highest BCUT2D eigenvalue weighted by molar-refractivity contribution is 7.14. The molecule has 1 heterocycles. The van der Waals surface area contributed by atoms with E-state index < -0.39 is 0 Å². The summed E-state index contributed by atoms with van der Waals surface area (Å²) in [6.45, 7) is 0. The van der Waals surface area contributed by atoms with Gasteiger partial charge in [-0.25, -0.2) is 9.37 Å². The molecule has 0 bridgehead atoms. The molecule has 0 spiro atoms. The van der Waals surface area contributed by atoms with Gasteiger partial charge in [0.25, 0.3) is 0 Å². The molecule has 0 aliphatic carbocycles. The number of anilines is 2. The Balaban J connectivity index is 1.85. The Bertz CT molecular complexity index is 813. The fraction of sp³-hybridized carbons (Fsp3) is 0. The maximum atomic E-state index is 13.4. The topological polar surface area (TPSA) is 63.3 Å². The Hall–Kier alpha value is -2.73. The Morgan fingerprint density at radius 2 is 2.05 bits per heavy atom. The number of thiazole rings is 1. The molecule has 0 aliphatic rings. The third-order valence-corrected chi connectivity index (χ3v) is 3.75. The molecule has 1 aromatic heterocycles. The second-order valence-corrected chi connectivity index (χ2v) is 5.40. The molecule has 110 valence electrons. The molecule has 4 nitrogen and oxygen atoms in total. The Morgan fingerprint density at radius 3 is 2.82 bits per heavy atom. The summed E-state index contributed by atoms with van der Waals surface area (Å²) in [6.07, 6.45) is 1.68. The van der Waals surface area contributed by atoms with Crippen LogP contribution in [0.5, 0.6) is 0 Å². The molecule has 3 aromatic rings. The van der Waals surface area contributed by atoms with Crippen LogP contribution in [0.15, 0.2) is 59.0 Å². The number of nitrogens with one attached hydrogen (secondary N) is 1. The van der Waals surface area contributed by atoms with E-state index in [0.29, 0.717) is 10.9 Å². The van der Waals surface area contributed by atoms with Crippen LogP contribution in [-0.4, -0.2) is 11.2 Å². The van der Waals surface area contributed by atoms with Crippen molar-refractivity contribution in [1.82, 2.24) is 4.98 Å². The summed E-state index contributed by atoms with van der Waals surface area (Å²) in [5.41, 5.74) is 11.0. The molecule has 0 fully saturated rings. The van der Waals surface area contributed by atoms with Crippen molar-refractivity contribution >= 4 is 28.5 Å². The van der Waals surface area contributed by atoms with E-state index in [9.17, 15) is 4.39 Å². The minimum absolute atomic E-state index is 0.263. The number of nitrogens with zero attached hydrogens (tertiary/aromatic N) is 2. The van der Waals surface area contributed by atoms with Gasteiger partial charge in [0.1, 0.15) is 11.6 Å². The van der Waals surface area contributed by atoms with Gasteiger partial charge in [0.2, 0.25) is 5.13 Å². The number of nitrogen functional groups attached to an aromatic ring is 1. The summed E-state index contributed by atoms with van der Waals surface area (Å²) in [5.74, 6) is 0.198. The first-order valence-electron chi connectivity index (χ1n) is 6.57. The average Bonchev–Trinajstić information content (AvgIpc) is 2.93. The van der Waals surface area contributed by atoms with E-state index >= 15 is 0 Å². The van der Waals surface area contributed by atoms with E-state index in [-0.39, 0.29) is 5.82 Å². The number of hydrazone groups is 1. The second kappa shape index (κ2) is 6.36. The van der Waals surface area contributed by atoms with Gasteiger partial charge < -0.3 is 5.73 Å². The van der Waals surface area contributed by atoms with E-state index in [1.165, 1.54) is 23.5 Å². The van der Waals surface area contributed by atoms with Crippen molar-refractivity contribution < 1.29 is 4.39 Å². The maximum Gasteiger partial charge on any atom is 0.205 e. The van der Waals surface area contributed by atoms with E-state index in [1.54, 1.807) is 17.7 Å². The molecule has 22 heavy (non-hydrogen) atoms. The fourth-order valence-corrected chi connectivity index (χ4v) is 2.57. The molecule has 0 aliphatic heterocycles. The molecule has 0 atom stereocenters. The first-order valence-corrected chi connectivity index (χ1v) is 7.45. The van der Waals surface area contributed by atoms with Crippen LogP contribution < -0.4 is 11.2 Å². The Morgan fingerprint density at radius 1 is 1.18 bits per heavy atom. The van der Waals surface area contributed by atoms with Gasteiger partial charge in [-0.1, -0.05) is 36.4 Å². The summed E-state index contributed by atoms with van der Waals surface area (Å²) in [5, 5.41) is 6.51. The molecule has 6 heteroatoms. The number of benzene rings is 2. The summed E-state index contributed by atoms with van der Waals surface area (Å²) < 4.78 is 13.4. The van der Waals surface area contributed by atoms with Crippen LogP contribution in [-0.2, 0) is 0 Å². The maximum absolute atomic E-state index is 13.4. The van der Waals surface area contributed by atoms with Crippen molar-refractivity contribution in [3.63, 3.8) is 0 Å². The predicted octanol–water partition coefficient (Wildman–Crippen LogP) is 3.98. The standard InChI is InChI=1S/C16H13FN4S/c17-13-6-3-5-11(8-13)14-7-2-1-4-12(14)9-19-21-16-20-15(18)10-22-16/h1-10H,18H2,(H,20,21). The molecular weight excluding hydrogens is 299 g/mol. The van der Waals surface area contributed by atoms with E-state index in [0.717, 1.165) is 16.7 Å². The SMILES string of the molecule is Nc1csc(NN=Cc2ccccc2-c2cccc(F)c2)n1. The van der Waals surface area contributed by atoms with Gasteiger partial charge >= 0.3 is 0 Å². The summed E-state index contributed by atoms with van der Waals surface area (Å²) in [4.78, 5) is 4.06. The lowest BCUT2D eigenvalue weighted by Gasteiger charge is -2.06. The van der Waals surface area contributed by atoms with Gasteiger partial charge in [-0.15, -0.1) is 11.3 Å².